The van der Waals surface area contributed by atoms with E-state index in [9.17, 15) is 4.79 Å². The molecule has 6 nitrogen and oxygen atoms in total. The van der Waals surface area contributed by atoms with Gasteiger partial charge in [-0.05, 0) is 30.5 Å². The van der Waals surface area contributed by atoms with Crippen LogP contribution in [-0.2, 0) is 6.54 Å². The van der Waals surface area contributed by atoms with Crippen LogP contribution in [0, 0.1) is 0 Å². The lowest BCUT2D eigenvalue weighted by Crippen LogP contribution is -2.18. The van der Waals surface area contributed by atoms with Crippen molar-refractivity contribution in [1.82, 2.24) is 4.57 Å². The first kappa shape index (κ1) is 20.7. The molecule has 8 heteroatoms. The van der Waals surface area contributed by atoms with Gasteiger partial charge in [0.25, 0.3) is 5.91 Å². The second-order valence-electron chi connectivity index (χ2n) is 7.03. The molecule has 2 heterocycles. The molecule has 4 aromatic rings. The number of rotatable bonds is 6. The van der Waals surface area contributed by atoms with Crippen molar-refractivity contribution in [2.75, 3.05) is 18.8 Å². The Bertz CT molecular complexity index is 1350. The van der Waals surface area contributed by atoms with Gasteiger partial charge < -0.3 is 18.8 Å². The van der Waals surface area contributed by atoms with Crippen LogP contribution in [0.4, 0.5) is 0 Å². The number of carbonyl (C=O) groups excluding carboxylic acids is 1. The number of hydrogen-bond acceptors (Lipinski definition) is 6. The first-order valence-electron chi connectivity index (χ1n) is 10.1. The van der Waals surface area contributed by atoms with Crippen molar-refractivity contribution in [3.63, 3.8) is 0 Å². The van der Waals surface area contributed by atoms with Gasteiger partial charge >= 0.3 is 0 Å². The Kier molecular flexibility index (Phi) is 5.87. The third-order valence-electron chi connectivity index (χ3n) is 4.98. The summed E-state index contributed by atoms with van der Waals surface area (Å²) in [5.41, 5.74) is 1.40. The van der Waals surface area contributed by atoms with Gasteiger partial charge in [0.05, 0.1) is 15.8 Å². The zero-order chi connectivity index (χ0) is 21.9. The number of thiazole rings is 1. The SMILES string of the molecule is CSCCn1c(=NC(=O)c2ccccc2Oc2ccccc2)sc2cc3c(cc21)OCO3. The molecule has 0 fully saturated rings. The first-order chi connectivity index (χ1) is 15.7. The maximum Gasteiger partial charge on any atom is 0.283 e. The zero-order valence-electron chi connectivity index (χ0n) is 17.3. The molecule has 0 aliphatic carbocycles. The predicted molar refractivity (Wildman–Crippen MR) is 127 cm³/mol. The number of hydrogen-bond donors (Lipinski definition) is 0. The highest BCUT2D eigenvalue weighted by molar-refractivity contribution is 7.98. The topological polar surface area (TPSA) is 62.1 Å². The second kappa shape index (κ2) is 9.10. The maximum absolute atomic E-state index is 13.2. The first-order valence-corrected chi connectivity index (χ1v) is 12.3. The summed E-state index contributed by atoms with van der Waals surface area (Å²) < 4.78 is 20.1. The highest BCUT2D eigenvalue weighted by atomic mass is 32.2. The Morgan fingerprint density at radius 1 is 1.09 bits per heavy atom. The molecule has 0 spiro atoms. The summed E-state index contributed by atoms with van der Waals surface area (Å²) in [6.45, 7) is 0.959. The second-order valence-corrected chi connectivity index (χ2v) is 9.03. The van der Waals surface area contributed by atoms with E-state index in [0.717, 1.165) is 28.3 Å². The number of benzene rings is 3. The predicted octanol–water partition coefficient (Wildman–Crippen LogP) is 5.33. The summed E-state index contributed by atoms with van der Waals surface area (Å²) in [6, 6.07) is 20.5. The number of thioether (sulfide) groups is 1. The van der Waals surface area contributed by atoms with Crippen LogP contribution < -0.4 is 19.0 Å². The number of amides is 1. The summed E-state index contributed by atoms with van der Waals surface area (Å²) in [5, 5.41) is 0. The third kappa shape index (κ3) is 4.11. The van der Waals surface area contributed by atoms with Crippen LogP contribution in [0.25, 0.3) is 10.2 Å². The lowest BCUT2D eigenvalue weighted by atomic mass is 10.2. The van der Waals surface area contributed by atoms with Gasteiger partial charge in [-0.25, -0.2) is 0 Å². The molecule has 0 unspecified atom stereocenters. The minimum Gasteiger partial charge on any atom is -0.457 e. The molecule has 0 N–H and O–H groups in total. The molecule has 0 radical (unpaired) electrons. The quantitative estimate of drug-likeness (QED) is 0.386. The number of para-hydroxylation sites is 2. The summed E-state index contributed by atoms with van der Waals surface area (Å²) in [4.78, 5) is 18.4. The average Bonchev–Trinajstić information content (AvgIpc) is 3.40. The molecule has 1 aliphatic heterocycles. The fourth-order valence-corrected chi connectivity index (χ4v) is 4.87. The van der Waals surface area contributed by atoms with Gasteiger partial charge in [0.2, 0.25) is 6.79 Å². The molecule has 162 valence electrons. The van der Waals surface area contributed by atoms with Crippen LogP contribution in [0.15, 0.2) is 71.7 Å². The van der Waals surface area contributed by atoms with Crippen LogP contribution in [0.3, 0.4) is 0 Å². The van der Waals surface area contributed by atoms with Crippen LogP contribution in [0.1, 0.15) is 10.4 Å². The summed E-state index contributed by atoms with van der Waals surface area (Å²) in [6.07, 6.45) is 2.06. The van der Waals surface area contributed by atoms with Gasteiger partial charge in [-0.15, -0.1) is 0 Å². The van der Waals surface area contributed by atoms with E-state index in [-0.39, 0.29) is 12.7 Å². The molecule has 0 saturated carbocycles. The van der Waals surface area contributed by atoms with Crippen molar-refractivity contribution in [1.29, 1.82) is 0 Å². The molecule has 1 aromatic heterocycles. The lowest BCUT2D eigenvalue weighted by Gasteiger charge is -2.09. The summed E-state index contributed by atoms with van der Waals surface area (Å²) in [7, 11) is 0. The Labute approximate surface area is 193 Å². The number of fused-ring (bicyclic) bond motifs is 2. The van der Waals surface area contributed by atoms with E-state index in [1.807, 2.05) is 54.6 Å². The van der Waals surface area contributed by atoms with Crippen molar-refractivity contribution < 1.29 is 19.0 Å². The molecule has 0 saturated heterocycles. The van der Waals surface area contributed by atoms with E-state index in [2.05, 4.69) is 15.8 Å². The van der Waals surface area contributed by atoms with Crippen LogP contribution in [0.2, 0.25) is 0 Å². The Hall–Kier alpha value is -3.23. The number of aryl methyl sites for hydroxylation is 1. The number of carbonyl (C=O) groups is 1. The maximum atomic E-state index is 13.2. The van der Waals surface area contributed by atoms with E-state index in [0.29, 0.717) is 27.6 Å². The Balaban J connectivity index is 1.56. The summed E-state index contributed by atoms with van der Waals surface area (Å²) in [5.74, 6) is 3.13. The molecule has 0 bridgehead atoms. The van der Waals surface area contributed by atoms with Crippen molar-refractivity contribution >= 4 is 39.2 Å². The minimum absolute atomic E-state index is 0.228. The molecular formula is C24H20N2O4S2. The van der Waals surface area contributed by atoms with Crippen molar-refractivity contribution in [3.8, 4) is 23.0 Å². The van der Waals surface area contributed by atoms with Gasteiger partial charge in [-0.2, -0.15) is 16.8 Å². The average molecular weight is 465 g/mol. The smallest absolute Gasteiger partial charge is 0.283 e. The van der Waals surface area contributed by atoms with Crippen molar-refractivity contribution in [2.45, 2.75) is 6.54 Å². The molecule has 1 aliphatic rings. The Morgan fingerprint density at radius 2 is 1.84 bits per heavy atom. The molecule has 1 amide bonds. The molecule has 0 atom stereocenters. The van der Waals surface area contributed by atoms with Gasteiger partial charge in [0.15, 0.2) is 16.3 Å². The van der Waals surface area contributed by atoms with E-state index in [1.54, 1.807) is 23.9 Å². The van der Waals surface area contributed by atoms with E-state index < -0.39 is 0 Å². The third-order valence-corrected chi connectivity index (χ3v) is 6.61. The van der Waals surface area contributed by atoms with Crippen molar-refractivity contribution in [3.05, 3.63) is 77.1 Å². The highest BCUT2D eigenvalue weighted by Crippen LogP contribution is 2.37. The number of aromatic nitrogens is 1. The molecule has 32 heavy (non-hydrogen) atoms. The number of nitrogens with zero attached hydrogens (tertiary/aromatic N) is 2. The van der Waals surface area contributed by atoms with Gasteiger partial charge in [-0.1, -0.05) is 41.7 Å². The Morgan fingerprint density at radius 3 is 2.66 bits per heavy atom. The van der Waals surface area contributed by atoms with E-state index >= 15 is 0 Å². The highest BCUT2D eigenvalue weighted by Gasteiger charge is 2.19. The van der Waals surface area contributed by atoms with Crippen LogP contribution in [0.5, 0.6) is 23.0 Å². The monoisotopic (exact) mass is 464 g/mol. The van der Waals surface area contributed by atoms with Crippen molar-refractivity contribution in [2.24, 2.45) is 4.99 Å². The molecule has 3 aromatic carbocycles. The van der Waals surface area contributed by atoms with E-state index in [1.165, 1.54) is 11.3 Å². The van der Waals surface area contributed by atoms with Crippen LogP contribution in [-0.4, -0.2) is 29.3 Å². The van der Waals surface area contributed by atoms with E-state index in [4.69, 9.17) is 14.2 Å². The zero-order valence-corrected chi connectivity index (χ0v) is 18.9. The van der Waals surface area contributed by atoms with Gasteiger partial charge in [0.1, 0.15) is 11.5 Å². The lowest BCUT2D eigenvalue weighted by molar-refractivity contribution is 0.0995. The van der Waals surface area contributed by atoms with Gasteiger partial charge in [-0.3, -0.25) is 4.79 Å². The molecule has 5 rings (SSSR count). The van der Waals surface area contributed by atoms with Crippen LogP contribution >= 0.6 is 23.1 Å². The normalized spacial score (nSPS) is 13.0. The fraction of sp³-hybridized carbons (Fsp3) is 0.167. The van der Waals surface area contributed by atoms with Gasteiger partial charge in [0, 0.05) is 24.4 Å². The fourth-order valence-electron chi connectivity index (χ4n) is 3.44. The largest absolute Gasteiger partial charge is 0.457 e. The molecular weight excluding hydrogens is 444 g/mol. The minimum atomic E-state index is -0.346. The number of ether oxygens (including phenoxy) is 3. The standard InChI is InChI=1S/C24H20N2O4S2/c1-31-12-11-26-18-13-20-21(29-15-28-20)14-22(18)32-24(26)25-23(27)17-9-5-6-10-19(17)30-16-7-3-2-4-8-16/h2-10,13-14H,11-12,15H2,1H3. The summed E-state index contributed by atoms with van der Waals surface area (Å²) >= 11 is 3.21.